The molecule has 2 atom stereocenters. The molecule has 130 valence electrons. The Hall–Kier alpha value is -1.40. The zero-order valence-electron chi connectivity index (χ0n) is 14.1. The van der Waals surface area contributed by atoms with Gasteiger partial charge in [0.25, 0.3) is 0 Å². The van der Waals surface area contributed by atoms with E-state index < -0.39 is 10.8 Å². The Balaban J connectivity index is 2.00. The van der Waals surface area contributed by atoms with Crippen LogP contribution in [0.4, 0.5) is 0 Å². The summed E-state index contributed by atoms with van der Waals surface area (Å²) in [5.41, 5.74) is -0.978. The van der Waals surface area contributed by atoms with E-state index in [-0.39, 0.29) is 30.9 Å². The third-order valence-electron chi connectivity index (χ3n) is 5.88. The fraction of sp³-hybridized carbons (Fsp3) is 0.765. The summed E-state index contributed by atoms with van der Waals surface area (Å²) >= 11 is 0. The second-order valence-corrected chi connectivity index (χ2v) is 7.44. The molecule has 2 amide bonds. The van der Waals surface area contributed by atoms with Gasteiger partial charge < -0.3 is 20.0 Å². The number of piperidine rings is 1. The van der Waals surface area contributed by atoms with Gasteiger partial charge in [0.2, 0.25) is 11.8 Å². The third-order valence-corrected chi connectivity index (χ3v) is 5.88. The van der Waals surface area contributed by atoms with Crippen molar-refractivity contribution in [1.82, 2.24) is 9.80 Å². The average Bonchev–Trinajstić information content (AvgIpc) is 2.86. The van der Waals surface area contributed by atoms with Crippen LogP contribution in [0.2, 0.25) is 0 Å². The largest absolute Gasteiger partial charge is 0.396 e. The molecule has 6 heteroatoms. The van der Waals surface area contributed by atoms with E-state index in [1.807, 2.05) is 13.8 Å². The van der Waals surface area contributed by atoms with E-state index in [0.717, 1.165) is 0 Å². The zero-order valence-corrected chi connectivity index (χ0v) is 14.1. The Morgan fingerprint density at radius 3 is 1.96 bits per heavy atom. The van der Waals surface area contributed by atoms with Gasteiger partial charge in [-0.15, -0.1) is 0 Å². The Labute approximate surface area is 137 Å². The molecular formula is C17H28N2O4. The highest BCUT2D eigenvalue weighted by atomic mass is 16.3. The molecule has 2 N–H and O–H groups in total. The summed E-state index contributed by atoms with van der Waals surface area (Å²) in [7, 11) is 0. The maximum atomic E-state index is 12.8. The number of hydrogen-bond donors (Lipinski definition) is 2. The van der Waals surface area contributed by atoms with Crippen LogP contribution in [0, 0.1) is 16.7 Å². The number of aliphatic hydroxyl groups is 2. The highest BCUT2D eigenvalue weighted by Gasteiger charge is 2.53. The maximum Gasteiger partial charge on any atom is 0.245 e. The van der Waals surface area contributed by atoms with E-state index in [9.17, 15) is 19.8 Å². The normalized spacial score (nSPS) is 32.2. The van der Waals surface area contributed by atoms with Crippen LogP contribution in [0.25, 0.3) is 0 Å². The number of rotatable bonds is 4. The lowest BCUT2D eigenvalue weighted by molar-refractivity contribution is -0.139. The van der Waals surface area contributed by atoms with Gasteiger partial charge in [-0.3, -0.25) is 9.59 Å². The first-order chi connectivity index (χ1) is 10.8. The summed E-state index contributed by atoms with van der Waals surface area (Å²) in [5.74, 6) is -0.0989. The molecule has 2 aliphatic heterocycles. The van der Waals surface area contributed by atoms with Crippen LogP contribution in [0.3, 0.4) is 0 Å². The first kappa shape index (κ1) is 17.9. The van der Waals surface area contributed by atoms with E-state index in [2.05, 4.69) is 6.58 Å². The van der Waals surface area contributed by atoms with Crippen LogP contribution >= 0.6 is 0 Å². The molecule has 0 unspecified atom stereocenters. The van der Waals surface area contributed by atoms with E-state index in [4.69, 9.17) is 0 Å². The molecule has 0 aromatic carbocycles. The fourth-order valence-electron chi connectivity index (χ4n) is 3.65. The molecule has 0 aliphatic carbocycles. The molecule has 6 nitrogen and oxygen atoms in total. The van der Waals surface area contributed by atoms with Gasteiger partial charge in [-0.25, -0.2) is 0 Å². The maximum absolute atomic E-state index is 12.8. The van der Waals surface area contributed by atoms with Gasteiger partial charge in [-0.1, -0.05) is 20.4 Å². The molecule has 2 saturated heterocycles. The van der Waals surface area contributed by atoms with Crippen molar-refractivity contribution in [3.05, 3.63) is 12.7 Å². The zero-order chi connectivity index (χ0) is 17.3. The van der Waals surface area contributed by atoms with Crippen molar-refractivity contribution in [2.45, 2.75) is 26.7 Å². The minimum absolute atomic E-state index is 0.0554. The Morgan fingerprint density at radius 2 is 1.57 bits per heavy atom. The first-order valence-electron chi connectivity index (χ1n) is 8.22. The van der Waals surface area contributed by atoms with Crippen LogP contribution in [0.15, 0.2) is 12.7 Å². The van der Waals surface area contributed by atoms with Crippen molar-refractivity contribution in [2.24, 2.45) is 16.7 Å². The van der Waals surface area contributed by atoms with Crippen molar-refractivity contribution in [2.75, 3.05) is 39.4 Å². The van der Waals surface area contributed by atoms with Crippen LogP contribution in [0.5, 0.6) is 0 Å². The molecule has 0 aromatic rings. The molecule has 0 spiro atoms. The van der Waals surface area contributed by atoms with Crippen LogP contribution in [-0.2, 0) is 9.59 Å². The van der Waals surface area contributed by atoms with Crippen molar-refractivity contribution in [1.29, 1.82) is 0 Å². The summed E-state index contributed by atoms with van der Waals surface area (Å²) in [5, 5.41) is 19.4. The smallest absolute Gasteiger partial charge is 0.245 e. The van der Waals surface area contributed by atoms with E-state index >= 15 is 0 Å². The van der Waals surface area contributed by atoms with Gasteiger partial charge in [-0.2, -0.15) is 0 Å². The summed E-state index contributed by atoms with van der Waals surface area (Å²) in [6.45, 7) is 9.29. The lowest BCUT2D eigenvalue weighted by Gasteiger charge is -2.36. The summed E-state index contributed by atoms with van der Waals surface area (Å²) < 4.78 is 0. The fourth-order valence-corrected chi connectivity index (χ4v) is 3.65. The highest BCUT2D eigenvalue weighted by Crippen LogP contribution is 2.46. The van der Waals surface area contributed by atoms with E-state index in [1.165, 1.54) is 6.08 Å². The van der Waals surface area contributed by atoms with Crippen LogP contribution in [0.1, 0.15) is 26.7 Å². The summed E-state index contributed by atoms with van der Waals surface area (Å²) in [6, 6.07) is 0. The van der Waals surface area contributed by atoms with E-state index in [1.54, 1.807) is 9.80 Å². The molecule has 2 rings (SSSR count). The van der Waals surface area contributed by atoms with Crippen molar-refractivity contribution >= 4 is 11.8 Å². The number of likely N-dealkylation sites (tertiary alicyclic amines) is 2. The minimum Gasteiger partial charge on any atom is -0.396 e. The monoisotopic (exact) mass is 324 g/mol. The third kappa shape index (κ3) is 3.15. The second-order valence-electron chi connectivity index (χ2n) is 7.44. The van der Waals surface area contributed by atoms with Gasteiger partial charge in [0.05, 0.1) is 13.2 Å². The van der Waals surface area contributed by atoms with Crippen molar-refractivity contribution in [3.8, 4) is 0 Å². The standard InChI is InChI=1S/C17H28N2O4/c1-4-14(22)18-7-5-13(6-8-18)15(23)19-9-16(2,11-20)17(3,10-19)12-21/h4,13,20-21H,1,5-12H2,2-3H3/t16-,17+. The topological polar surface area (TPSA) is 81.1 Å². The number of nitrogens with zero attached hydrogens (tertiary/aromatic N) is 2. The number of hydrogen-bond acceptors (Lipinski definition) is 4. The quantitative estimate of drug-likeness (QED) is 0.727. The second kappa shape index (κ2) is 6.61. The molecule has 2 aliphatic rings. The Bertz CT molecular complexity index is 469. The van der Waals surface area contributed by atoms with Crippen molar-refractivity contribution in [3.63, 3.8) is 0 Å². The molecule has 2 heterocycles. The molecule has 23 heavy (non-hydrogen) atoms. The summed E-state index contributed by atoms with van der Waals surface area (Å²) in [6.07, 6.45) is 2.61. The van der Waals surface area contributed by atoms with Crippen LogP contribution < -0.4 is 0 Å². The molecule has 0 bridgehead atoms. The van der Waals surface area contributed by atoms with Gasteiger partial charge in [0.15, 0.2) is 0 Å². The van der Waals surface area contributed by atoms with Gasteiger partial charge in [0, 0.05) is 42.9 Å². The molecular weight excluding hydrogens is 296 g/mol. The SMILES string of the molecule is C=CC(=O)N1CCC(C(=O)N2C[C@](C)(CO)[C@](C)(CO)C2)CC1. The van der Waals surface area contributed by atoms with Crippen molar-refractivity contribution < 1.29 is 19.8 Å². The van der Waals surface area contributed by atoms with Crippen LogP contribution in [-0.4, -0.2) is 71.2 Å². The number of aliphatic hydroxyl groups excluding tert-OH is 2. The lowest BCUT2D eigenvalue weighted by Crippen LogP contribution is -2.44. The van der Waals surface area contributed by atoms with E-state index in [0.29, 0.717) is 39.0 Å². The Morgan fingerprint density at radius 1 is 1.09 bits per heavy atom. The predicted octanol–water partition coefficient (Wildman–Crippen LogP) is 0.250. The minimum atomic E-state index is -0.489. The number of amides is 2. The number of carbonyl (C=O) groups is 2. The highest BCUT2D eigenvalue weighted by molar-refractivity contribution is 5.87. The molecule has 0 saturated carbocycles. The first-order valence-corrected chi connectivity index (χ1v) is 8.22. The van der Waals surface area contributed by atoms with Gasteiger partial charge >= 0.3 is 0 Å². The average molecular weight is 324 g/mol. The molecule has 0 radical (unpaired) electrons. The molecule has 2 fully saturated rings. The van der Waals surface area contributed by atoms with Gasteiger partial charge in [0.1, 0.15) is 0 Å². The molecule has 0 aromatic heterocycles. The summed E-state index contributed by atoms with van der Waals surface area (Å²) in [4.78, 5) is 27.9. The predicted molar refractivity (Wildman–Crippen MR) is 86.5 cm³/mol. The number of carbonyl (C=O) groups excluding carboxylic acids is 2. The lowest BCUT2D eigenvalue weighted by atomic mass is 9.69. The van der Waals surface area contributed by atoms with Gasteiger partial charge in [-0.05, 0) is 18.9 Å². The Kier molecular flexibility index (Phi) is 5.16.